The van der Waals surface area contributed by atoms with Crippen molar-refractivity contribution in [2.45, 2.75) is 12.6 Å². The quantitative estimate of drug-likeness (QED) is 0.901. The molecule has 18 heavy (non-hydrogen) atoms. The van der Waals surface area contributed by atoms with Crippen LogP contribution in [0.3, 0.4) is 0 Å². The van der Waals surface area contributed by atoms with Crippen molar-refractivity contribution < 1.29 is 23.1 Å². The maximum absolute atomic E-state index is 12.5. The van der Waals surface area contributed by atoms with E-state index in [9.17, 15) is 18.0 Å². The smallest absolute Gasteiger partial charge is 0.416 e. The minimum absolute atomic E-state index is 0.00466. The summed E-state index contributed by atoms with van der Waals surface area (Å²) in [7, 11) is 0. The van der Waals surface area contributed by atoms with E-state index < -0.39 is 17.7 Å². The van der Waals surface area contributed by atoms with Gasteiger partial charge in [-0.25, -0.2) is 4.79 Å². The predicted molar refractivity (Wildman–Crippen MR) is 57.7 cm³/mol. The molecular formula is C12H8F3NO2. The van der Waals surface area contributed by atoms with E-state index in [0.29, 0.717) is 6.07 Å². The molecule has 0 radical (unpaired) electrons. The molecule has 1 N–H and O–H groups in total. The van der Waals surface area contributed by atoms with E-state index in [1.54, 1.807) is 6.07 Å². The van der Waals surface area contributed by atoms with Crippen LogP contribution in [0.15, 0.2) is 24.3 Å². The Morgan fingerprint density at radius 2 is 2.11 bits per heavy atom. The molecule has 0 amide bonds. The van der Waals surface area contributed by atoms with E-state index in [1.807, 2.05) is 0 Å². The van der Waals surface area contributed by atoms with Gasteiger partial charge in [0.2, 0.25) is 0 Å². The van der Waals surface area contributed by atoms with E-state index in [4.69, 9.17) is 10.4 Å². The molecule has 6 heteroatoms. The number of allylic oxidation sites excluding steroid dienone is 1. The van der Waals surface area contributed by atoms with Crippen molar-refractivity contribution in [3.8, 4) is 6.07 Å². The molecule has 0 spiro atoms. The van der Waals surface area contributed by atoms with E-state index in [-0.39, 0.29) is 17.5 Å². The summed E-state index contributed by atoms with van der Waals surface area (Å²) in [4.78, 5) is 10.8. The Bertz CT molecular complexity index is 527. The fourth-order valence-corrected chi connectivity index (χ4v) is 1.31. The fourth-order valence-electron chi connectivity index (χ4n) is 1.31. The van der Waals surface area contributed by atoms with Crippen LogP contribution < -0.4 is 0 Å². The summed E-state index contributed by atoms with van der Waals surface area (Å²) in [5.74, 6) is -1.32. The predicted octanol–water partition coefficient (Wildman–Crippen LogP) is 3.33. The second kappa shape index (κ2) is 5.36. The van der Waals surface area contributed by atoms with Gasteiger partial charge in [-0.3, -0.25) is 0 Å². The zero-order valence-corrected chi connectivity index (χ0v) is 9.03. The summed E-state index contributed by atoms with van der Waals surface area (Å²) in [5.41, 5.74) is -1.24. The van der Waals surface area contributed by atoms with Gasteiger partial charge < -0.3 is 5.11 Å². The molecule has 0 bridgehead atoms. The number of hydrogen-bond acceptors (Lipinski definition) is 2. The summed E-state index contributed by atoms with van der Waals surface area (Å²) in [6.45, 7) is 0. The van der Waals surface area contributed by atoms with E-state index in [1.165, 1.54) is 12.2 Å². The number of carboxylic acid groups (broad SMARTS) is 1. The van der Waals surface area contributed by atoms with Crippen molar-refractivity contribution in [2.75, 3.05) is 0 Å². The van der Waals surface area contributed by atoms with E-state index in [0.717, 1.165) is 12.1 Å². The molecule has 0 unspecified atom stereocenters. The SMILES string of the molecule is N#CCC=Cc1cc(C(F)(F)F)ccc1C(=O)O. The van der Waals surface area contributed by atoms with E-state index in [2.05, 4.69) is 0 Å². The molecule has 3 nitrogen and oxygen atoms in total. The van der Waals surface area contributed by atoms with Crippen LogP contribution in [0, 0.1) is 11.3 Å². The molecule has 0 saturated heterocycles. The standard InChI is InChI=1S/C12H8F3NO2/c13-12(14,15)9-4-5-10(11(17)18)8(7-9)3-1-2-6-16/h1,3-5,7H,2H2,(H,17,18). The Morgan fingerprint density at radius 3 is 2.61 bits per heavy atom. The van der Waals surface area contributed by atoms with Gasteiger partial charge in [-0.2, -0.15) is 18.4 Å². The number of nitriles is 1. The lowest BCUT2D eigenvalue weighted by Gasteiger charge is -2.09. The second-order valence-electron chi connectivity index (χ2n) is 3.37. The number of benzene rings is 1. The lowest BCUT2D eigenvalue weighted by atomic mass is 10.0. The average Bonchev–Trinajstić information content (AvgIpc) is 2.27. The summed E-state index contributed by atoms with van der Waals surface area (Å²) >= 11 is 0. The average molecular weight is 255 g/mol. The lowest BCUT2D eigenvalue weighted by Crippen LogP contribution is -2.07. The van der Waals surface area contributed by atoms with Gasteiger partial charge in [-0.05, 0) is 23.8 Å². The number of rotatable bonds is 3. The van der Waals surface area contributed by atoms with Crippen molar-refractivity contribution in [1.29, 1.82) is 5.26 Å². The number of aromatic carboxylic acids is 1. The van der Waals surface area contributed by atoms with Crippen LogP contribution in [0.5, 0.6) is 0 Å². The van der Waals surface area contributed by atoms with Crippen molar-refractivity contribution in [3.63, 3.8) is 0 Å². The van der Waals surface area contributed by atoms with Gasteiger partial charge in [-0.15, -0.1) is 0 Å². The molecule has 94 valence electrons. The van der Waals surface area contributed by atoms with Gasteiger partial charge in [0.15, 0.2) is 0 Å². The normalized spacial score (nSPS) is 11.4. The number of hydrogen-bond donors (Lipinski definition) is 1. The first-order valence-corrected chi connectivity index (χ1v) is 4.84. The molecule has 1 rings (SSSR count). The largest absolute Gasteiger partial charge is 0.478 e. The van der Waals surface area contributed by atoms with E-state index >= 15 is 0 Å². The van der Waals surface area contributed by atoms with Crippen molar-refractivity contribution in [1.82, 2.24) is 0 Å². The third-order valence-corrected chi connectivity index (χ3v) is 2.12. The third kappa shape index (κ3) is 3.35. The summed E-state index contributed by atoms with van der Waals surface area (Å²) < 4.78 is 37.4. The van der Waals surface area contributed by atoms with Gasteiger partial charge in [0.05, 0.1) is 23.6 Å². The molecule has 0 aromatic heterocycles. The Morgan fingerprint density at radius 1 is 1.44 bits per heavy atom. The fraction of sp³-hybridized carbons (Fsp3) is 0.167. The first kappa shape index (κ1) is 13.8. The van der Waals surface area contributed by atoms with Crippen molar-refractivity contribution in [3.05, 3.63) is 41.0 Å². The van der Waals surface area contributed by atoms with Crippen LogP contribution in [0.25, 0.3) is 6.08 Å². The Kier molecular flexibility index (Phi) is 4.10. The Labute approximate surface area is 101 Å². The van der Waals surface area contributed by atoms with Crippen LogP contribution in [-0.4, -0.2) is 11.1 Å². The third-order valence-electron chi connectivity index (χ3n) is 2.12. The molecule has 1 aromatic carbocycles. The number of alkyl halides is 3. The molecule has 0 saturated carbocycles. The summed E-state index contributed by atoms with van der Waals surface area (Å²) in [5, 5.41) is 17.1. The zero-order valence-electron chi connectivity index (χ0n) is 9.03. The van der Waals surface area contributed by atoms with Crippen LogP contribution in [0.2, 0.25) is 0 Å². The van der Waals surface area contributed by atoms with Gasteiger partial charge in [-0.1, -0.05) is 12.2 Å². The van der Waals surface area contributed by atoms with Crippen molar-refractivity contribution >= 4 is 12.0 Å². The maximum atomic E-state index is 12.5. The first-order chi connectivity index (χ1) is 8.36. The molecule has 0 heterocycles. The highest BCUT2D eigenvalue weighted by atomic mass is 19.4. The maximum Gasteiger partial charge on any atom is 0.416 e. The lowest BCUT2D eigenvalue weighted by molar-refractivity contribution is -0.137. The molecule has 1 aromatic rings. The first-order valence-electron chi connectivity index (χ1n) is 4.84. The highest BCUT2D eigenvalue weighted by molar-refractivity contribution is 5.92. The van der Waals surface area contributed by atoms with Crippen LogP contribution in [-0.2, 0) is 6.18 Å². The molecule has 0 aliphatic carbocycles. The van der Waals surface area contributed by atoms with Gasteiger partial charge >= 0.3 is 12.1 Å². The topological polar surface area (TPSA) is 61.1 Å². The minimum Gasteiger partial charge on any atom is -0.478 e. The highest BCUT2D eigenvalue weighted by Crippen LogP contribution is 2.31. The molecule has 0 atom stereocenters. The molecule has 0 aliphatic heterocycles. The van der Waals surface area contributed by atoms with Crippen LogP contribution >= 0.6 is 0 Å². The van der Waals surface area contributed by atoms with Gasteiger partial charge in [0.1, 0.15) is 0 Å². The molecular weight excluding hydrogens is 247 g/mol. The van der Waals surface area contributed by atoms with Crippen LogP contribution in [0.4, 0.5) is 13.2 Å². The minimum atomic E-state index is -4.53. The van der Waals surface area contributed by atoms with Gasteiger partial charge in [0.25, 0.3) is 0 Å². The number of carbonyl (C=O) groups is 1. The summed E-state index contributed by atoms with van der Waals surface area (Å²) in [6.07, 6.45) is -2.03. The Hall–Kier alpha value is -2.29. The number of nitrogens with zero attached hydrogens (tertiary/aromatic N) is 1. The van der Waals surface area contributed by atoms with Crippen molar-refractivity contribution in [2.24, 2.45) is 0 Å². The molecule has 0 aliphatic rings. The van der Waals surface area contributed by atoms with Gasteiger partial charge in [0, 0.05) is 0 Å². The van der Waals surface area contributed by atoms with Crippen LogP contribution in [0.1, 0.15) is 27.9 Å². The Balaban J connectivity index is 3.25. The highest BCUT2D eigenvalue weighted by Gasteiger charge is 2.31. The number of halogens is 3. The number of carboxylic acids is 1. The summed E-state index contributed by atoms with van der Waals surface area (Å²) in [6, 6.07) is 4.14. The zero-order chi connectivity index (χ0) is 13.8. The molecule has 0 fully saturated rings. The monoisotopic (exact) mass is 255 g/mol. The second-order valence-corrected chi connectivity index (χ2v) is 3.37.